The summed E-state index contributed by atoms with van der Waals surface area (Å²) in [5.41, 5.74) is 1.44. The van der Waals surface area contributed by atoms with Gasteiger partial charge in [0.1, 0.15) is 24.7 Å². The fraction of sp³-hybridized carbons (Fsp3) is 0.455. The highest BCUT2D eigenvalue weighted by atomic mass is 32.2. The zero-order valence-electron chi connectivity index (χ0n) is 16.5. The van der Waals surface area contributed by atoms with Crippen molar-refractivity contribution in [2.24, 2.45) is 0 Å². The van der Waals surface area contributed by atoms with Crippen LogP contribution in [0.2, 0.25) is 0 Å². The standard InChI is InChI=1S/C22H26N2O4S/c25-29(26)21-6-4-17(27-13-11-23-7-1-8-23)15-20(21)19-5-3-18(16-22(19)29)28-14-12-24-9-2-10-24/h3-6,15-16H,1-2,7-14H2. The van der Waals surface area contributed by atoms with Gasteiger partial charge in [-0.1, -0.05) is 0 Å². The van der Waals surface area contributed by atoms with Crippen molar-refractivity contribution in [2.75, 3.05) is 52.5 Å². The lowest BCUT2D eigenvalue weighted by Gasteiger charge is -2.30. The molecule has 0 aliphatic carbocycles. The molecule has 2 saturated heterocycles. The van der Waals surface area contributed by atoms with Crippen LogP contribution in [0.5, 0.6) is 11.5 Å². The number of likely N-dealkylation sites (tertiary alicyclic amines) is 2. The van der Waals surface area contributed by atoms with Crippen LogP contribution < -0.4 is 9.47 Å². The second-order valence-corrected chi connectivity index (χ2v) is 9.79. The van der Waals surface area contributed by atoms with E-state index in [2.05, 4.69) is 9.80 Å². The Labute approximate surface area is 171 Å². The summed E-state index contributed by atoms with van der Waals surface area (Å²) in [6.07, 6.45) is 2.51. The normalized spacial score (nSPS) is 19.7. The minimum absolute atomic E-state index is 0.326. The van der Waals surface area contributed by atoms with E-state index in [0.29, 0.717) is 40.1 Å². The molecule has 6 nitrogen and oxygen atoms in total. The molecule has 0 N–H and O–H groups in total. The van der Waals surface area contributed by atoms with Crippen molar-refractivity contribution in [1.82, 2.24) is 9.80 Å². The average Bonchev–Trinajstić information content (AvgIpc) is 2.86. The molecule has 154 valence electrons. The third-order valence-electron chi connectivity index (χ3n) is 6.02. The van der Waals surface area contributed by atoms with Crippen molar-refractivity contribution in [2.45, 2.75) is 22.6 Å². The molecule has 0 radical (unpaired) electrons. The van der Waals surface area contributed by atoms with Gasteiger partial charge in [0.05, 0.1) is 9.79 Å². The first-order valence-electron chi connectivity index (χ1n) is 10.4. The lowest BCUT2D eigenvalue weighted by molar-refractivity contribution is 0.147. The molecular formula is C22H26N2O4S. The summed E-state index contributed by atoms with van der Waals surface area (Å²) in [4.78, 5) is 5.34. The smallest absolute Gasteiger partial charge is 0.207 e. The lowest BCUT2D eigenvalue weighted by atomic mass is 10.1. The number of benzene rings is 2. The SMILES string of the molecule is O=S1(=O)c2ccc(OCCN3CCC3)cc2-c2ccc(OCCN3CCC3)cc21. The second-order valence-electron chi connectivity index (χ2n) is 7.91. The van der Waals surface area contributed by atoms with E-state index >= 15 is 0 Å². The lowest BCUT2D eigenvalue weighted by Crippen LogP contribution is -2.39. The molecule has 2 fully saturated rings. The monoisotopic (exact) mass is 414 g/mol. The molecule has 0 saturated carbocycles. The van der Waals surface area contributed by atoms with Crippen LogP contribution >= 0.6 is 0 Å². The van der Waals surface area contributed by atoms with E-state index in [1.165, 1.54) is 12.8 Å². The zero-order valence-corrected chi connectivity index (χ0v) is 17.3. The van der Waals surface area contributed by atoms with E-state index in [-0.39, 0.29) is 0 Å². The number of sulfone groups is 1. The Balaban J connectivity index is 1.32. The molecular weight excluding hydrogens is 388 g/mol. The maximum atomic E-state index is 13.0. The molecule has 0 spiro atoms. The maximum Gasteiger partial charge on any atom is 0.207 e. The highest BCUT2D eigenvalue weighted by Crippen LogP contribution is 2.45. The molecule has 7 heteroatoms. The van der Waals surface area contributed by atoms with Gasteiger partial charge >= 0.3 is 0 Å². The van der Waals surface area contributed by atoms with Crippen LogP contribution in [0, 0.1) is 0 Å². The summed E-state index contributed by atoms with van der Waals surface area (Å²) in [5.74, 6) is 1.31. The first-order valence-corrected chi connectivity index (χ1v) is 11.8. The quantitative estimate of drug-likeness (QED) is 0.565. The van der Waals surface area contributed by atoms with Crippen molar-refractivity contribution in [3.8, 4) is 22.6 Å². The minimum atomic E-state index is -3.52. The Morgan fingerprint density at radius 1 is 0.724 bits per heavy atom. The molecule has 2 aromatic carbocycles. The van der Waals surface area contributed by atoms with Gasteiger partial charge in [-0.3, -0.25) is 9.80 Å². The van der Waals surface area contributed by atoms with E-state index in [1.807, 2.05) is 18.2 Å². The number of fused-ring (bicyclic) bond motifs is 3. The minimum Gasteiger partial charge on any atom is -0.492 e. The Kier molecular flexibility index (Phi) is 4.97. The van der Waals surface area contributed by atoms with Crippen LogP contribution in [0.15, 0.2) is 46.2 Å². The molecule has 0 unspecified atom stereocenters. The third kappa shape index (κ3) is 3.63. The third-order valence-corrected chi connectivity index (χ3v) is 7.87. The first kappa shape index (κ1) is 18.9. The number of nitrogens with zero attached hydrogens (tertiary/aromatic N) is 2. The zero-order chi connectivity index (χ0) is 19.8. The molecule has 3 heterocycles. The van der Waals surface area contributed by atoms with Gasteiger partial charge in [0.25, 0.3) is 0 Å². The van der Waals surface area contributed by atoms with E-state index in [0.717, 1.165) is 44.8 Å². The predicted molar refractivity (Wildman–Crippen MR) is 110 cm³/mol. The average molecular weight is 415 g/mol. The summed E-state index contributed by atoms with van der Waals surface area (Å²) < 4.78 is 37.7. The van der Waals surface area contributed by atoms with Crippen molar-refractivity contribution in [1.29, 1.82) is 0 Å². The van der Waals surface area contributed by atoms with E-state index in [1.54, 1.807) is 18.2 Å². The summed E-state index contributed by atoms with van der Waals surface area (Å²) in [6, 6.07) is 10.6. The van der Waals surface area contributed by atoms with Crippen LogP contribution in [0.1, 0.15) is 12.8 Å². The van der Waals surface area contributed by atoms with Gasteiger partial charge in [0.2, 0.25) is 9.84 Å². The highest BCUT2D eigenvalue weighted by molar-refractivity contribution is 7.92. The van der Waals surface area contributed by atoms with Crippen LogP contribution in [-0.4, -0.2) is 70.7 Å². The van der Waals surface area contributed by atoms with Crippen LogP contribution in [0.25, 0.3) is 11.1 Å². The van der Waals surface area contributed by atoms with E-state index < -0.39 is 9.84 Å². The molecule has 29 heavy (non-hydrogen) atoms. The molecule has 0 atom stereocenters. The number of ether oxygens (including phenoxy) is 2. The Hall–Kier alpha value is -2.09. The van der Waals surface area contributed by atoms with E-state index in [9.17, 15) is 8.42 Å². The molecule has 5 rings (SSSR count). The molecule has 2 aromatic rings. The Morgan fingerprint density at radius 2 is 1.31 bits per heavy atom. The number of hydrogen-bond donors (Lipinski definition) is 0. The molecule has 3 aliphatic heterocycles. The molecule has 0 aromatic heterocycles. The van der Waals surface area contributed by atoms with Gasteiger partial charge in [0.15, 0.2) is 0 Å². The summed E-state index contributed by atoms with van der Waals surface area (Å²) in [7, 11) is -3.52. The van der Waals surface area contributed by atoms with Crippen molar-refractivity contribution >= 4 is 9.84 Å². The first-order chi connectivity index (χ1) is 14.1. The molecule has 0 bridgehead atoms. The second kappa shape index (κ2) is 7.63. The van der Waals surface area contributed by atoms with Crippen molar-refractivity contribution in [3.05, 3.63) is 36.4 Å². The van der Waals surface area contributed by atoms with Crippen LogP contribution in [0.4, 0.5) is 0 Å². The van der Waals surface area contributed by atoms with Gasteiger partial charge in [-0.2, -0.15) is 0 Å². The van der Waals surface area contributed by atoms with Gasteiger partial charge in [-0.15, -0.1) is 0 Å². The van der Waals surface area contributed by atoms with Crippen molar-refractivity contribution in [3.63, 3.8) is 0 Å². The highest BCUT2D eigenvalue weighted by Gasteiger charge is 2.33. The number of rotatable bonds is 8. The van der Waals surface area contributed by atoms with Gasteiger partial charge in [-0.05, 0) is 75.4 Å². The fourth-order valence-corrected chi connectivity index (χ4v) is 5.68. The largest absolute Gasteiger partial charge is 0.492 e. The summed E-state index contributed by atoms with van der Waals surface area (Å²) >= 11 is 0. The maximum absolute atomic E-state index is 13.0. The fourth-order valence-electron chi connectivity index (χ4n) is 4.00. The summed E-state index contributed by atoms with van der Waals surface area (Å²) in [5, 5.41) is 0. The van der Waals surface area contributed by atoms with Crippen molar-refractivity contribution < 1.29 is 17.9 Å². The van der Waals surface area contributed by atoms with E-state index in [4.69, 9.17) is 9.47 Å². The Morgan fingerprint density at radius 3 is 1.90 bits per heavy atom. The summed E-state index contributed by atoms with van der Waals surface area (Å²) in [6.45, 7) is 7.50. The topological polar surface area (TPSA) is 59.1 Å². The van der Waals surface area contributed by atoms with Crippen LogP contribution in [-0.2, 0) is 9.84 Å². The number of hydrogen-bond acceptors (Lipinski definition) is 6. The van der Waals surface area contributed by atoms with Crippen LogP contribution in [0.3, 0.4) is 0 Å². The predicted octanol–water partition coefficient (Wildman–Crippen LogP) is 2.67. The van der Waals surface area contributed by atoms with Gasteiger partial charge in [-0.25, -0.2) is 8.42 Å². The van der Waals surface area contributed by atoms with Gasteiger partial charge < -0.3 is 9.47 Å². The van der Waals surface area contributed by atoms with Gasteiger partial charge in [0, 0.05) is 24.2 Å². The Bertz CT molecular complexity index is 1010. The molecule has 3 aliphatic rings. The molecule has 0 amide bonds.